The zero-order chi connectivity index (χ0) is 14.2. The van der Waals surface area contributed by atoms with E-state index in [4.69, 9.17) is 0 Å². The lowest BCUT2D eigenvalue weighted by atomic mass is 9.92. The predicted molar refractivity (Wildman–Crippen MR) is 88.1 cm³/mol. The third-order valence-electron chi connectivity index (χ3n) is 5.53. The number of piperidine rings is 1. The fourth-order valence-electron chi connectivity index (χ4n) is 4.60. The molecule has 3 aliphatic heterocycles. The summed E-state index contributed by atoms with van der Waals surface area (Å²) in [6.45, 7) is 6.35. The Labute approximate surface area is 131 Å². The van der Waals surface area contributed by atoms with Crippen LogP contribution in [-0.4, -0.2) is 66.6 Å². The first kappa shape index (κ1) is 14.0. The number of hydrogen-bond donors (Lipinski definition) is 0. The van der Waals surface area contributed by atoms with Crippen molar-refractivity contribution in [2.45, 2.75) is 37.8 Å². The van der Waals surface area contributed by atoms with Crippen molar-refractivity contribution >= 4 is 16.5 Å². The Balaban J connectivity index is 1.55. The van der Waals surface area contributed by atoms with Crippen molar-refractivity contribution in [1.29, 1.82) is 0 Å². The predicted octanol–water partition coefficient (Wildman–Crippen LogP) is 2.14. The lowest BCUT2D eigenvalue weighted by Crippen LogP contribution is -2.47. The van der Waals surface area contributed by atoms with Gasteiger partial charge < -0.3 is 14.7 Å². The molecule has 0 radical (unpaired) electrons. The van der Waals surface area contributed by atoms with Crippen LogP contribution in [-0.2, 0) is 0 Å². The number of likely N-dealkylation sites (tertiary alicyclic amines) is 2. The molecule has 3 aliphatic rings. The topological polar surface area (TPSA) is 22.6 Å². The lowest BCUT2D eigenvalue weighted by molar-refractivity contribution is 0.202. The van der Waals surface area contributed by atoms with Crippen molar-refractivity contribution in [2.75, 3.05) is 44.7 Å². The maximum atomic E-state index is 4.65. The molecule has 0 N–H and O–H groups in total. The summed E-state index contributed by atoms with van der Waals surface area (Å²) in [4.78, 5) is 12.5. The average Bonchev–Trinajstić information content (AvgIpc) is 3.17. The van der Waals surface area contributed by atoms with Crippen LogP contribution in [0.1, 0.15) is 25.7 Å². The van der Waals surface area contributed by atoms with Gasteiger partial charge >= 0.3 is 0 Å². The molecule has 3 fully saturated rings. The van der Waals surface area contributed by atoms with Gasteiger partial charge in [0, 0.05) is 36.8 Å². The van der Waals surface area contributed by atoms with Gasteiger partial charge in [-0.3, -0.25) is 0 Å². The van der Waals surface area contributed by atoms with Gasteiger partial charge in [0.25, 0.3) is 0 Å². The quantitative estimate of drug-likeness (QED) is 0.853. The number of aromatic nitrogens is 1. The summed E-state index contributed by atoms with van der Waals surface area (Å²) in [6.07, 6.45) is 7.40. The Hall–Kier alpha value is -0.650. The molecule has 2 unspecified atom stereocenters. The molecule has 0 saturated carbocycles. The molecule has 0 aromatic carbocycles. The van der Waals surface area contributed by atoms with Crippen molar-refractivity contribution in [3.8, 4) is 0 Å². The molecule has 0 bridgehead atoms. The Kier molecular flexibility index (Phi) is 3.90. The van der Waals surface area contributed by atoms with Gasteiger partial charge in [0.05, 0.1) is 0 Å². The first-order chi connectivity index (χ1) is 10.3. The monoisotopic (exact) mass is 306 g/mol. The van der Waals surface area contributed by atoms with Gasteiger partial charge in [0.2, 0.25) is 0 Å². The number of hydrogen-bond acceptors (Lipinski definition) is 5. The van der Waals surface area contributed by atoms with Crippen LogP contribution in [0, 0.1) is 5.92 Å². The highest BCUT2D eigenvalue weighted by Gasteiger charge is 2.44. The van der Waals surface area contributed by atoms with Gasteiger partial charge in [-0.1, -0.05) is 0 Å². The van der Waals surface area contributed by atoms with E-state index in [2.05, 4.69) is 32.1 Å². The molecule has 1 aromatic heterocycles. The summed E-state index contributed by atoms with van der Waals surface area (Å²) in [6, 6.07) is 1.40. The molecule has 4 nitrogen and oxygen atoms in total. The van der Waals surface area contributed by atoms with Crippen molar-refractivity contribution < 1.29 is 0 Å². The molecule has 116 valence electrons. The third-order valence-corrected chi connectivity index (χ3v) is 6.32. The van der Waals surface area contributed by atoms with E-state index in [-0.39, 0.29) is 0 Å². The highest BCUT2D eigenvalue weighted by atomic mass is 32.1. The zero-order valence-electron chi connectivity index (χ0n) is 12.9. The third kappa shape index (κ3) is 2.71. The molecule has 1 aromatic rings. The number of thiazole rings is 1. The van der Waals surface area contributed by atoms with Crippen LogP contribution >= 0.6 is 11.3 Å². The number of anilines is 1. The van der Waals surface area contributed by atoms with Gasteiger partial charge in [-0.05, 0) is 58.3 Å². The largest absolute Gasteiger partial charge is 0.340 e. The van der Waals surface area contributed by atoms with Gasteiger partial charge in [0.15, 0.2) is 5.13 Å². The zero-order valence-corrected chi connectivity index (χ0v) is 13.8. The molecule has 0 spiro atoms. The van der Waals surface area contributed by atoms with Crippen LogP contribution in [0.3, 0.4) is 0 Å². The van der Waals surface area contributed by atoms with Gasteiger partial charge in [-0.2, -0.15) is 0 Å². The van der Waals surface area contributed by atoms with Crippen molar-refractivity contribution in [3.63, 3.8) is 0 Å². The average molecular weight is 306 g/mol. The molecule has 5 heteroatoms. The molecule has 0 amide bonds. The second-order valence-corrected chi connectivity index (χ2v) is 7.87. The van der Waals surface area contributed by atoms with Crippen LogP contribution in [0.4, 0.5) is 5.13 Å². The SMILES string of the molecule is CN1CCC2C(C[C@@H](CN3CCCC3)N2c2nccs2)C1. The van der Waals surface area contributed by atoms with Crippen LogP contribution in [0.25, 0.3) is 0 Å². The number of rotatable bonds is 3. The molecule has 21 heavy (non-hydrogen) atoms. The van der Waals surface area contributed by atoms with Crippen molar-refractivity contribution in [2.24, 2.45) is 5.92 Å². The van der Waals surface area contributed by atoms with E-state index in [9.17, 15) is 0 Å². The number of fused-ring (bicyclic) bond motifs is 1. The minimum absolute atomic E-state index is 0.677. The summed E-state index contributed by atoms with van der Waals surface area (Å²) >= 11 is 1.82. The van der Waals surface area contributed by atoms with Crippen LogP contribution in [0.15, 0.2) is 11.6 Å². The second kappa shape index (κ2) is 5.86. The van der Waals surface area contributed by atoms with Crippen molar-refractivity contribution in [3.05, 3.63) is 11.6 Å². The fourth-order valence-corrected chi connectivity index (χ4v) is 5.37. The maximum Gasteiger partial charge on any atom is 0.185 e. The maximum absolute atomic E-state index is 4.65. The van der Waals surface area contributed by atoms with Gasteiger partial charge in [0.1, 0.15) is 0 Å². The highest BCUT2D eigenvalue weighted by Crippen LogP contribution is 2.39. The molecular weight excluding hydrogens is 280 g/mol. The van der Waals surface area contributed by atoms with E-state index >= 15 is 0 Å². The summed E-state index contributed by atoms with van der Waals surface area (Å²) in [5, 5.41) is 3.39. The summed E-state index contributed by atoms with van der Waals surface area (Å²) < 4.78 is 0. The molecule has 3 saturated heterocycles. The minimum Gasteiger partial charge on any atom is -0.340 e. The Morgan fingerprint density at radius 2 is 2.14 bits per heavy atom. The number of nitrogens with zero attached hydrogens (tertiary/aromatic N) is 4. The van der Waals surface area contributed by atoms with Crippen LogP contribution < -0.4 is 4.90 Å². The molecule has 3 atom stereocenters. The normalized spacial score (nSPS) is 34.5. The molecule has 4 rings (SSSR count). The van der Waals surface area contributed by atoms with Crippen molar-refractivity contribution in [1.82, 2.24) is 14.8 Å². The second-order valence-electron chi connectivity index (χ2n) is 7.00. The van der Waals surface area contributed by atoms with Crippen LogP contribution in [0.5, 0.6) is 0 Å². The Morgan fingerprint density at radius 3 is 2.90 bits per heavy atom. The van der Waals surface area contributed by atoms with E-state index in [1.54, 1.807) is 0 Å². The minimum atomic E-state index is 0.677. The standard InChI is InChI=1S/C16H26N4S/c1-18-8-4-15-13(11-18)10-14(12-19-6-2-3-7-19)20(15)16-17-5-9-21-16/h5,9,13-15H,2-4,6-8,10-12H2,1H3/t13?,14-,15?/m0/s1. The van der Waals surface area contributed by atoms with E-state index in [1.807, 2.05) is 17.5 Å². The summed E-state index contributed by atoms with van der Waals surface area (Å²) in [5.74, 6) is 0.834. The first-order valence-electron chi connectivity index (χ1n) is 8.40. The smallest absolute Gasteiger partial charge is 0.185 e. The molecule has 4 heterocycles. The van der Waals surface area contributed by atoms with Crippen LogP contribution in [0.2, 0.25) is 0 Å². The molecular formula is C16H26N4S. The Morgan fingerprint density at radius 1 is 1.29 bits per heavy atom. The lowest BCUT2D eigenvalue weighted by Gasteiger charge is -2.37. The van der Waals surface area contributed by atoms with E-state index in [0.29, 0.717) is 6.04 Å². The van der Waals surface area contributed by atoms with E-state index < -0.39 is 0 Å². The fraction of sp³-hybridized carbons (Fsp3) is 0.812. The van der Waals surface area contributed by atoms with E-state index in [1.165, 1.54) is 63.5 Å². The summed E-state index contributed by atoms with van der Waals surface area (Å²) in [7, 11) is 2.28. The molecule has 0 aliphatic carbocycles. The van der Waals surface area contributed by atoms with E-state index in [0.717, 1.165) is 12.0 Å². The highest BCUT2D eigenvalue weighted by molar-refractivity contribution is 7.13. The van der Waals surface area contributed by atoms with Gasteiger partial charge in [-0.15, -0.1) is 11.3 Å². The first-order valence-corrected chi connectivity index (χ1v) is 9.28. The Bertz CT molecular complexity index is 457. The van der Waals surface area contributed by atoms with Gasteiger partial charge in [-0.25, -0.2) is 4.98 Å². The summed E-state index contributed by atoms with van der Waals surface area (Å²) in [5.41, 5.74) is 0.